The van der Waals surface area contributed by atoms with Crippen LogP contribution in [0.25, 0.3) is 0 Å². The second-order valence-corrected chi connectivity index (χ2v) is 6.58. The molecule has 1 aromatic rings. The van der Waals surface area contributed by atoms with Crippen molar-refractivity contribution in [2.24, 2.45) is 0 Å². The topological polar surface area (TPSA) is 32.3 Å². The summed E-state index contributed by atoms with van der Waals surface area (Å²) in [6.45, 7) is 6.68. The zero-order valence-electron chi connectivity index (χ0n) is 11.9. The van der Waals surface area contributed by atoms with E-state index in [2.05, 4.69) is 35.5 Å². The molecule has 1 amide bonds. The Hall–Kier alpha value is -0.870. The SMILES string of the molecule is CC(C)N1CCC(NC(=O)CCc2cccs2)CC1. The summed E-state index contributed by atoms with van der Waals surface area (Å²) in [6, 6.07) is 5.14. The van der Waals surface area contributed by atoms with E-state index in [1.165, 1.54) is 4.88 Å². The van der Waals surface area contributed by atoms with Gasteiger partial charge >= 0.3 is 0 Å². The van der Waals surface area contributed by atoms with Crippen molar-refractivity contribution in [3.8, 4) is 0 Å². The molecule has 1 aliphatic rings. The molecule has 0 bridgehead atoms. The van der Waals surface area contributed by atoms with Crippen LogP contribution in [0.5, 0.6) is 0 Å². The number of rotatable bonds is 5. The maximum atomic E-state index is 11.9. The summed E-state index contributed by atoms with van der Waals surface area (Å²) in [5.41, 5.74) is 0. The third-order valence-corrected chi connectivity index (χ3v) is 4.74. The summed E-state index contributed by atoms with van der Waals surface area (Å²) in [5.74, 6) is 0.205. The van der Waals surface area contributed by atoms with Crippen molar-refractivity contribution in [3.63, 3.8) is 0 Å². The monoisotopic (exact) mass is 280 g/mol. The lowest BCUT2D eigenvalue weighted by Crippen LogP contribution is -2.46. The smallest absolute Gasteiger partial charge is 0.220 e. The summed E-state index contributed by atoms with van der Waals surface area (Å²) >= 11 is 1.73. The molecule has 0 aromatic carbocycles. The minimum absolute atomic E-state index is 0.205. The first-order valence-corrected chi connectivity index (χ1v) is 8.09. The molecule has 3 nitrogen and oxygen atoms in total. The molecule has 106 valence electrons. The molecule has 1 aromatic heterocycles. The van der Waals surface area contributed by atoms with Gasteiger partial charge in [0.05, 0.1) is 0 Å². The Morgan fingerprint density at radius 2 is 2.21 bits per heavy atom. The quantitative estimate of drug-likeness (QED) is 0.899. The van der Waals surface area contributed by atoms with Gasteiger partial charge in [-0.15, -0.1) is 11.3 Å². The molecule has 1 N–H and O–H groups in total. The van der Waals surface area contributed by atoms with Crippen molar-refractivity contribution in [3.05, 3.63) is 22.4 Å². The van der Waals surface area contributed by atoms with E-state index in [9.17, 15) is 4.79 Å². The molecule has 1 aliphatic heterocycles. The molecule has 2 rings (SSSR count). The van der Waals surface area contributed by atoms with Crippen LogP contribution >= 0.6 is 11.3 Å². The normalized spacial score (nSPS) is 17.8. The fraction of sp³-hybridized carbons (Fsp3) is 0.667. The Kier molecular flexibility index (Phi) is 5.40. The number of hydrogen-bond donors (Lipinski definition) is 1. The van der Waals surface area contributed by atoms with Crippen LogP contribution in [0, 0.1) is 0 Å². The van der Waals surface area contributed by atoms with Crippen LogP contribution < -0.4 is 5.32 Å². The Labute approximate surface area is 120 Å². The lowest BCUT2D eigenvalue weighted by Gasteiger charge is -2.34. The predicted molar refractivity (Wildman–Crippen MR) is 80.5 cm³/mol. The highest BCUT2D eigenvalue weighted by Gasteiger charge is 2.21. The van der Waals surface area contributed by atoms with E-state index in [1.54, 1.807) is 11.3 Å². The van der Waals surface area contributed by atoms with Crippen molar-refractivity contribution in [2.75, 3.05) is 13.1 Å². The molecular weight excluding hydrogens is 256 g/mol. The first-order chi connectivity index (χ1) is 9.15. The van der Waals surface area contributed by atoms with Crippen LogP contribution in [0.3, 0.4) is 0 Å². The minimum Gasteiger partial charge on any atom is -0.353 e. The second-order valence-electron chi connectivity index (χ2n) is 5.55. The van der Waals surface area contributed by atoms with Crippen LogP contribution in [0.2, 0.25) is 0 Å². The Morgan fingerprint density at radius 1 is 1.47 bits per heavy atom. The minimum atomic E-state index is 0.205. The predicted octanol–water partition coefficient (Wildman–Crippen LogP) is 2.67. The van der Waals surface area contributed by atoms with Crippen molar-refractivity contribution >= 4 is 17.2 Å². The van der Waals surface area contributed by atoms with Gasteiger partial charge in [-0.3, -0.25) is 4.79 Å². The Morgan fingerprint density at radius 3 is 2.79 bits per heavy atom. The van der Waals surface area contributed by atoms with E-state index < -0.39 is 0 Å². The van der Waals surface area contributed by atoms with Crippen molar-refractivity contribution in [1.29, 1.82) is 0 Å². The standard InChI is InChI=1S/C15H24N2OS/c1-12(2)17-9-7-13(8-10-17)16-15(18)6-5-14-4-3-11-19-14/h3-4,11-13H,5-10H2,1-2H3,(H,16,18). The van der Waals surface area contributed by atoms with Crippen LogP contribution in [0.15, 0.2) is 17.5 Å². The van der Waals surface area contributed by atoms with Gasteiger partial charge in [-0.05, 0) is 44.6 Å². The van der Waals surface area contributed by atoms with Gasteiger partial charge in [-0.1, -0.05) is 6.07 Å². The molecule has 0 radical (unpaired) electrons. The number of carbonyl (C=O) groups excluding carboxylic acids is 1. The molecule has 1 fully saturated rings. The number of aryl methyl sites for hydroxylation is 1. The molecule has 0 atom stereocenters. The first-order valence-electron chi connectivity index (χ1n) is 7.21. The van der Waals surface area contributed by atoms with Crippen LogP contribution in [0.4, 0.5) is 0 Å². The summed E-state index contributed by atoms with van der Waals surface area (Å²) < 4.78 is 0. The first kappa shape index (κ1) is 14.5. The molecule has 0 aliphatic carbocycles. The summed E-state index contributed by atoms with van der Waals surface area (Å²) in [5, 5.41) is 5.24. The van der Waals surface area contributed by atoms with Gasteiger partial charge in [-0.25, -0.2) is 0 Å². The number of likely N-dealkylation sites (tertiary alicyclic amines) is 1. The van der Waals surface area contributed by atoms with Gasteiger partial charge in [0.15, 0.2) is 0 Å². The van der Waals surface area contributed by atoms with E-state index in [0.717, 1.165) is 32.4 Å². The van der Waals surface area contributed by atoms with Gasteiger partial charge in [-0.2, -0.15) is 0 Å². The number of nitrogens with one attached hydrogen (secondary N) is 1. The number of piperidine rings is 1. The molecule has 0 saturated carbocycles. The van der Waals surface area contributed by atoms with Crippen LogP contribution in [0.1, 0.15) is 38.0 Å². The third-order valence-electron chi connectivity index (χ3n) is 3.80. The molecule has 1 saturated heterocycles. The summed E-state index contributed by atoms with van der Waals surface area (Å²) in [4.78, 5) is 15.7. The fourth-order valence-corrected chi connectivity index (χ4v) is 3.26. The van der Waals surface area contributed by atoms with E-state index >= 15 is 0 Å². The summed E-state index contributed by atoms with van der Waals surface area (Å²) in [6.07, 6.45) is 3.66. The number of thiophene rings is 1. The number of nitrogens with zero attached hydrogens (tertiary/aromatic N) is 1. The van der Waals surface area contributed by atoms with E-state index in [0.29, 0.717) is 18.5 Å². The Balaban J connectivity index is 1.66. The molecular formula is C15H24N2OS. The fourth-order valence-electron chi connectivity index (χ4n) is 2.55. The molecule has 4 heteroatoms. The average Bonchev–Trinajstić information content (AvgIpc) is 2.90. The van der Waals surface area contributed by atoms with Crippen LogP contribution in [-0.2, 0) is 11.2 Å². The number of amides is 1. The molecule has 2 heterocycles. The van der Waals surface area contributed by atoms with Crippen molar-refractivity contribution < 1.29 is 4.79 Å². The van der Waals surface area contributed by atoms with Gasteiger partial charge in [0.25, 0.3) is 0 Å². The van der Waals surface area contributed by atoms with Crippen molar-refractivity contribution in [2.45, 2.75) is 51.6 Å². The van der Waals surface area contributed by atoms with Crippen molar-refractivity contribution in [1.82, 2.24) is 10.2 Å². The maximum absolute atomic E-state index is 11.9. The van der Waals surface area contributed by atoms with Gasteiger partial charge in [0.1, 0.15) is 0 Å². The summed E-state index contributed by atoms with van der Waals surface area (Å²) in [7, 11) is 0. The van der Waals surface area contributed by atoms with Gasteiger partial charge in [0.2, 0.25) is 5.91 Å². The zero-order chi connectivity index (χ0) is 13.7. The highest BCUT2D eigenvalue weighted by atomic mass is 32.1. The highest BCUT2D eigenvalue weighted by molar-refractivity contribution is 7.09. The molecule has 0 spiro atoms. The maximum Gasteiger partial charge on any atom is 0.220 e. The second kappa shape index (κ2) is 7.06. The van der Waals surface area contributed by atoms with Crippen LogP contribution in [-0.4, -0.2) is 36.0 Å². The lowest BCUT2D eigenvalue weighted by atomic mass is 10.0. The van der Waals surface area contributed by atoms with E-state index in [-0.39, 0.29) is 5.91 Å². The largest absolute Gasteiger partial charge is 0.353 e. The lowest BCUT2D eigenvalue weighted by molar-refractivity contribution is -0.122. The number of carbonyl (C=O) groups is 1. The van der Waals surface area contributed by atoms with E-state index in [1.807, 2.05) is 6.07 Å². The highest BCUT2D eigenvalue weighted by Crippen LogP contribution is 2.14. The van der Waals surface area contributed by atoms with Gasteiger partial charge < -0.3 is 10.2 Å². The number of hydrogen-bond acceptors (Lipinski definition) is 3. The Bertz CT molecular complexity index is 381. The zero-order valence-corrected chi connectivity index (χ0v) is 12.7. The third kappa shape index (κ3) is 4.62. The van der Waals surface area contributed by atoms with Gasteiger partial charge in [0, 0.05) is 36.5 Å². The molecule has 19 heavy (non-hydrogen) atoms. The average molecular weight is 280 g/mol. The van der Waals surface area contributed by atoms with E-state index in [4.69, 9.17) is 0 Å². The molecule has 0 unspecified atom stereocenters.